The van der Waals surface area contributed by atoms with Crippen LogP contribution < -0.4 is 5.73 Å². The highest BCUT2D eigenvalue weighted by Gasteiger charge is 2.50. The quantitative estimate of drug-likeness (QED) is 0.916. The predicted molar refractivity (Wildman–Crippen MR) is 78.9 cm³/mol. The zero-order valence-corrected chi connectivity index (χ0v) is 12.2. The summed E-state index contributed by atoms with van der Waals surface area (Å²) >= 11 is 0. The van der Waals surface area contributed by atoms with Crippen LogP contribution in [0.1, 0.15) is 50.6 Å². The molecule has 1 heterocycles. The van der Waals surface area contributed by atoms with E-state index in [9.17, 15) is 0 Å². The fourth-order valence-electron chi connectivity index (χ4n) is 5.88. The molecule has 1 atom stereocenters. The lowest BCUT2D eigenvalue weighted by atomic mass is 9.48. The van der Waals surface area contributed by atoms with Gasteiger partial charge in [-0.3, -0.25) is 0 Å². The molecule has 1 aromatic heterocycles. The standard InChI is InChI=1S/C17H25N3/c18-15(6-16-1-2-19-11-20-16)10-17-7-12-3-13(8-17)5-14(4-12)9-17/h1-2,11-15H,3-10,18H2. The van der Waals surface area contributed by atoms with Crippen molar-refractivity contribution >= 4 is 0 Å². The van der Waals surface area contributed by atoms with Crippen molar-refractivity contribution in [3.8, 4) is 0 Å². The van der Waals surface area contributed by atoms with Crippen LogP contribution in [0.2, 0.25) is 0 Å². The molecule has 3 nitrogen and oxygen atoms in total. The van der Waals surface area contributed by atoms with Gasteiger partial charge >= 0.3 is 0 Å². The van der Waals surface area contributed by atoms with Gasteiger partial charge in [-0.2, -0.15) is 0 Å². The van der Waals surface area contributed by atoms with E-state index >= 15 is 0 Å². The normalized spacial score (nSPS) is 40.0. The molecule has 1 unspecified atom stereocenters. The monoisotopic (exact) mass is 271 g/mol. The summed E-state index contributed by atoms with van der Waals surface area (Å²) in [6.45, 7) is 0. The summed E-state index contributed by atoms with van der Waals surface area (Å²) < 4.78 is 0. The molecule has 4 aliphatic rings. The number of hydrogen-bond donors (Lipinski definition) is 1. The van der Waals surface area contributed by atoms with E-state index in [-0.39, 0.29) is 6.04 Å². The molecule has 0 radical (unpaired) electrons. The van der Waals surface area contributed by atoms with E-state index in [0.717, 1.165) is 29.9 Å². The molecular formula is C17H25N3. The lowest BCUT2D eigenvalue weighted by molar-refractivity contribution is -0.0603. The largest absolute Gasteiger partial charge is 0.327 e. The number of nitrogens with two attached hydrogens (primary N) is 1. The van der Waals surface area contributed by atoms with Crippen LogP contribution in [-0.2, 0) is 6.42 Å². The van der Waals surface area contributed by atoms with Crippen LogP contribution >= 0.6 is 0 Å². The molecule has 4 bridgehead atoms. The molecule has 4 fully saturated rings. The summed E-state index contributed by atoms with van der Waals surface area (Å²) in [7, 11) is 0. The van der Waals surface area contributed by atoms with Gasteiger partial charge in [-0.25, -0.2) is 9.97 Å². The van der Waals surface area contributed by atoms with Crippen molar-refractivity contribution in [3.63, 3.8) is 0 Å². The summed E-state index contributed by atoms with van der Waals surface area (Å²) in [5.74, 6) is 3.06. The summed E-state index contributed by atoms with van der Waals surface area (Å²) in [6, 6.07) is 2.26. The molecule has 0 spiro atoms. The fraction of sp³-hybridized carbons (Fsp3) is 0.765. The first-order valence-electron chi connectivity index (χ1n) is 8.21. The van der Waals surface area contributed by atoms with E-state index in [4.69, 9.17) is 5.73 Å². The van der Waals surface area contributed by atoms with Crippen LogP contribution in [0.3, 0.4) is 0 Å². The molecule has 0 saturated heterocycles. The first kappa shape index (κ1) is 12.8. The Hall–Kier alpha value is -0.960. The SMILES string of the molecule is NC(Cc1ccncn1)CC12CC3CC(CC(C3)C1)C2. The van der Waals surface area contributed by atoms with Gasteiger partial charge in [0.15, 0.2) is 0 Å². The third-order valence-corrected chi connectivity index (χ3v) is 5.97. The number of aromatic nitrogens is 2. The van der Waals surface area contributed by atoms with Crippen LogP contribution in [0, 0.1) is 23.2 Å². The molecule has 5 rings (SSSR count). The predicted octanol–water partition coefficient (Wildman–Crippen LogP) is 2.95. The van der Waals surface area contributed by atoms with Crippen LogP contribution in [0.5, 0.6) is 0 Å². The molecule has 20 heavy (non-hydrogen) atoms. The molecular weight excluding hydrogens is 246 g/mol. The van der Waals surface area contributed by atoms with E-state index in [2.05, 4.69) is 9.97 Å². The van der Waals surface area contributed by atoms with Gasteiger partial charge in [0.25, 0.3) is 0 Å². The summed E-state index contributed by atoms with van der Waals surface area (Å²) in [5.41, 5.74) is 8.15. The maximum absolute atomic E-state index is 6.47. The number of nitrogens with zero attached hydrogens (tertiary/aromatic N) is 2. The van der Waals surface area contributed by atoms with Crippen LogP contribution in [0.25, 0.3) is 0 Å². The minimum atomic E-state index is 0.265. The topological polar surface area (TPSA) is 51.8 Å². The highest BCUT2D eigenvalue weighted by atomic mass is 14.8. The van der Waals surface area contributed by atoms with Crippen LogP contribution in [0.15, 0.2) is 18.6 Å². The average Bonchev–Trinajstić information content (AvgIpc) is 2.37. The van der Waals surface area contributed by atoms with Gasteiger partial charge in [0.05, 0.1) is 0 Å². The Morgan fingerprint density at radius 3 is 2.35 bits per heavy atom. The third-order valence-electron chi connectivity index (χ3n) is 5.97. The zero-order chi connectivity index (χ0) is 13.6. The van der Waals surface area contributed by atoms with E-state index in [0.29, 0.717) is 5.41 Å². The van der Waals surface area contributed by atoms with Gasteiger partial charge in [-0.05, 0) is 74.2 Å². The lowest BCUT2D eigenvalue weighted by Crippen LogP contribution is -2.48. The van der Waals surface area contributed by atoms with Gasteiger partial charge in [0.1, 0.15) is 6.33 Å². The van der Waals surface area contributed by atoms with Gasteiger partial charge < -0.3 is 5.73 Å². The second-order valence-electron chi connectivity index (χ2n) is 7.79. The van der Waals surface area contributed by atoms with Gasteiger partial charge in [0, 0.05) is 24.4 Å². The molecule has 1 aromatic rings. The molecule has 0 aliphatic heterocycles. The first-order valence-corrected chi connectivity index (χ1v) is 8.21. The molecule has 0 amide bonds. The molecule has 108 valence electrons. The van der Waals surface area contributed by atoms with Crippen molar-refractivity contribution in [2.24, 2.45) is 28.9 Å². The fourth-order valence-corrected chi connectivity index (χ4v) is 5.88. The van der Waals surface area contributed by atoms with E-state index in [1.807, 2.05) is 12.3 Å². The summed E-state index contributed by atoms with van der Waals surface area (Å²) in [5, 5.41) is 0. The summed E-state index contributed by atoms with van der Waals surface area (Å²) in [4.78, 5) is 8.30. The summed E-state index contributed by atoms with van der Waals surface area (Å²) in [6.07, 6.45) is 14.5. The first-order chi connectivity index (χ1) is 9.71. The van der Waals surface area contributed by atoms with Gasteiger partial charge in [-0.1, -0.05) is 0 Å². The maximum atomic E-state index is 6.47. The second kappa shape index (κ2) is 4.80. The molecule has 4 aliphatic carbocycles. The van der Waals surface area contributed by atoms with Crippen molar-refractivity contribution < 1.29 is 0 Å². The molecule has 0 aromatic carbocycles. The van der Waals surface area contributed by atoms with E-state index in [1.165, 1.54) is 44.9 Å². The smallest absolute Gasteiger partial charge is 0.115 e. The van der Waals surface area contributed by atoms with E-state index < -0.39 is 0 Å². The van der Waals surface area contributed by atoms with Crippen LogP contribution in [-0.4, -0.2) is 16.0 Å². The van der Waals surface area contributed by atoms with Crippen molar-refractivity contribution in [3.05, 3.63) is 24.3 Å². The Balaban J connectivity index is 1.43. The average molecular weight is 271 g/mol. The lowest BCUT2D eigenvalue weighted by Gasteiger charge is -2.57. The number of rotatable bonds is 4. The minimum absolute atomic E-state index is 0.265. The second-order valence-corrected chi connectivity index (χ2v) is 7.79. The van der Waals surface area contributed by atoms with E-state index in [1.54, 1.807) is 6.33 Å². The maximum Gasteiger partial charge on any atom is 0.115 e. The Kier molecular flexibility index (Phi) is 3.06. The van der Waals surface area contributed by atoms with Crippen LogP contribution in [0.4, 0.5) is 0 Å². The Bertz CT molecular complexity index is 435. The van der Waals surface area contributed by atoms with Gasteiger partial charge in [-0.15, -0.1) is 0 Å². The number of hydrogen-bond acceptors (Lipinski definition) is 3. The Labute approximate surface area is 121 Å². The Morgan fingerprint density at radius 2 is 1.80 bits per heavy atom. The Morgan fingerprint density at radius 1 is 1.15 bits per heavy atom. The molecule has 2 N–H and O–H groups in total. The molecule has 3 heteroatoms. The van der Waals surface area contributed by atoms with Crippen molar-refractivity contribution in [2.45, 2.75) is 57.4 Å². The van der Waals surface area contributed by atoms with Gasteiger partial charge in [0.2, 0.25) is 0 Å². The van der Waals surface area contributed by atoms with Crippen molar-refractivity contribution in [1.29, 1.82) is 0 Å². The zero-order valence-electron chi connectivity index (χ0n) is 12.2. The third kappa shape index (κ3) is 2.37. The van der Waals surface area contributed by atoms with Crippen molar-refractivity contribution in [1.82, 2.24) is 9.97 Å². The molecule has 4 saturated carbocycles. The highest BCUT2D eigenvalue weighted by molar-refractivity contribution is 5.05. The van der Waals surface area contributed by atoms with Crippen molar-refractivity contribution in [2.75, 3.05) is 0 Å². The highest BCUT2D eigenvalue weighted by Crippen LogP contribution is 2.61. The minimum Gasteiger partial charge on any atom is -0.327 e.